The van der Waals surface area contributed by atoms with Gasteiger partial charge in [-0.3, -0.25) is 4.98 Å². The number of hydrogen-bond acceptors (Lipinski definition) is 3. The highest BCUT2D eigenvalue weighted by atomic mass is 79.9. The Morgan fingerprint density at radius 1 is 1.44 bits per heavy atom. The summed E-state index contributed by atoms with van der Waals surface area (Å²) in [5.74, 6) is 0. The summed E-state index contributed by atoms with van der Waals surface area (Å²) < 4.78 is 25.5. The molecular formula is C9H10Br2F2N2O. The molecule has 0 spiro atoms. The third-order valence-electron chi connectivity index (χ3n) is 1.82. The van der Waals surface area contributed by atoms with Crippen molar-refractivity contribution in [1.29, 1.82) is 0 Å². The number of hydrogen-bond donors (Lipinski definition) is 2. The standard InChI is InChI=1S/C9H10Br2F2N2O/c10-5-1-6(11)7(15-2-5)3-14-4-8(16)9(12)13/h1-2,8-9,14,16H,3-4H2. The summed E-state index contributed by atoms with van der Waals surface area (Å²) in [6.07, 6.45) is -2.76. The minimum Gasteiger partial charge on any atom is -0.386 e. The number of rotatable bonds is 5. The molecule has 1 aromatic rings. The first-order valence-electron chi connectivity index (χ1n) is 4.47. The third kappa shape index (κ3) is 4.40. The van der Waals surface area contributed by atoms with Gasteiger partial charge >= 0.3 is 0 Å². The Kier molecular flexibility index (Phi) is 5.74. The zero-order chi connectivity index (χ0) is 12.1. The van der Waals surface area contributed by atoms with Gasteiger partial charge in [-0.05, 0) is 37.9 Å². The van der Waals surface area contributed by atoms with Crippen LogP contribution in [0.1, 0.15) is 5.69 Å². The minimum atomic E-state index is -2.73. The van der Waals surface area contributed by atoms with Crippen LogP contribution in [0.15, 0.2) is 21.2 Å². The van der Waals surface area contributed by atoms with Crippen molar-refractivity contribution in [2.45, 2.75) is 19.1 Å². The van der Waals surface area contributed by atoms with Gasteiger partial charge in [0.05, 0.1) is 5.69 Å². The summed E-state index contributed by atoms with van der Waals surface area (Å²) in [6.45, 7) is 0.152. The average Bonchev–Trinajstić information content (AvgIpc) is 2.20. The Balaban J connectivity index is 2.43. The zero-order valence-corrected chi connectivity index (χ0v) is 11.3. The molecule has 2 N–H and O–H groups in total. The third-order valence-corrected chi connectivity index (χ3v) is 2.94. The van der Waals surface area contributed by atoms with Crippen LogP contribution in [0.3, 0.4) is 0 Å². The van der Waals surface area contributed by atoms with E-state index < -0.39 is 12.5 Å². The van der Waals surface area contributed by atoms with Gasteiger partial charge in [-0.1, -0.05) is 0 Å². The molecule has 0 amide bonds. The molecule has 0 saturated heterocycles. The van der Waals surface area contributed by atoms with E-state index in [1.807, 2.05) is 6.07 Å². The maximum atomic E-state index is 12.0. The molecule has 0 bridgehead atoms. The fourth-order valence-corrected chi connectivity index (χ4v) is 2.13. The second-order valence-corrected chi connectivity index (χ2v) is 4.88. The smallest absolute Gasteiger partial charge is 0.265 e. The first-order chi connectivity index (χ1) is 7.50. The summed E-state index contributed by atoms with van der Waals surface area (Å²) in [6, 6.07) is 1.81. The van der Waals surface area contributed by atoms with Crippen LogP contribution < -0.4 is 5.32 Å². The first kappa shape index (κ1) is 14.0. The Hall–Kier alpha value is -0.110. The van der Waals surface area contributed by atoms with E-state index >= 15 is 0 Å². The predicted molar refractivity (Wildman–Crippen MR) is 63.4 cm³/mol. The van der Waals surface area contributed by atoms with Gasteiger partial charge in [0, 0.05) is 28.2 Å². The number of halogens is 4. The van der Waals surface area contributed by atoms with Crippen LogP contribution in [-0.2, 0) is 6.54 Å². The fraction of sp³-hybridized carbons (Fsp3) is 0.444. The van der Waals surface area contributed by atoms with E-state index in [-0.39, 0.29) is 6.54 Å². The molecule has 0 radical (unpaired) electrons. The van der Waals surface area contributed by atoms with Gasteiger partial charge in [-0.2, -0.15) is 0 Å². The topological polar surface area (TPSA) is 45.1 Å². The highest BCUT2D eigenvalue weighted by Gasteiger charge is 2.15. The van der Waals surface area contributed by atoms with Gasteiger partial charge in [0.25, 0.3) is 6.43 Å². The number of aliphatic hydroxyl groups is 1. The molecule has 1 aromatic heterocycles. The molecule has 0 aromatic carbocycles. The van der Waals surface area contributed by atoms with Crippen LogP contribution in [0, 0.1) is 0 Å². The maximum Gasteiger partial charge on any atom is 0.265 e. The van der Waals surface area contributed by atoms with E-state index in [1.165, 1.54) is 0 Å². The van der Waals surface area contributed by atoms with Crippen molar-refractivity contribution in [3.63, 3.8) is 0 Å². The van der Waals surface area contributed by atoms with Crippen molar-refractivity contribution < 1.29 is 13.9 Å². The molecule has 1 unspecified atom stereocenters. The summed E-state index contributed by atoms with van der Waals surface area (Å²) >= 11 is 6.55. The van der Waals surface area contributed by atoms with Crippen molar-refractivity contribution in [2.24, 2.45) is 0 Å². The maximum absolute atomic E-state index is 12.0. The average molecular weight is 360 g/mol. The summed E-state index contributed by atoms with van der Waals surface area (Å²) in [5.41, 5.74) is 0.699. The van der Waals surface area contributed by atoms with Crippen LogP contribution in [-0.4, -0.2) is 29.2 Å². The highest BCUT2D eigenvalue weighted by Crippen LogP contribution is 2.19. The van der Waals surface area contributed by atoms with Crippen LogP contribution in [0.5, 0.6) is 0 Å². The number of alkyl halides is 2. The van der Waals surface area contributed by atoms with Crippen LogP contribution >= 0.6 is 31.9 Å². The molecule has 1 rings (SSSR count). The molecule has 0 saturated carbocycles. The van der Waals surface area contributed by atoms with Gasteiger partial charge < -0.3 is 10.4 Å². The molecule has 1 atom stereocenters. The Bertz CT molecular complexity index is 352. The van der Waals surface area contributed by atoms with Gasteiger partial charge in [0.2, 0.25) is 0 Å². The highest BCUT2D eigenvalue weighted by molar-refractivity contribution is 9.11. The molecular weight excluding hydrogens is 350 g/mol. The Morgan fingerprint density at radius 3 is 2.69 bits per heavy atom. The van der Waals surface area contributed by atoms with Crippen LogP contribution in [0.2, 0.25) is 0 Å². The fourth-order valence-electron chi connectivity index (χ4n) is 1.00. The van der Waals surface area contributed by atoms with Crippen molar-refractivity contribution in [1.82, 2.24) is 10.3 Å². The lowest BCUT2D eigenvalue weighted by molar-refractivity contribution is -0.00345. The first-order valence-corrected chi connectivity index (χ1v) is 6.06. The molecule has 1 heterocycles. The molecule has 0 aliphatic rings. The zero-order valence-electron chi connectivity index (χ0n) is 8.13. The van der Waals surface area contributed by atoms with Crippen LogP contribution in [0.4, 0.5) is 8.78 Å². The van der Waals surface area contributed by atoms with Crippen molar-refractivity contribution in [3.8, 4) is 0 Å². The molecule has 0 aliphatic carbocycles. The van der Waals surface area contributed by atoms with Crippen molar-refractivity contribution >= 4 is 31.9 Å². The van der Waals surface area contributed by atoms with E-state index in [2.05, 4.69) is 42.2 Å². The number of nitrogens with zero attached hydrogens (tertiary/aromatic N) is 1. The molecule has 3 nitrogen and oxygen atoms in total. The van der Waals surface area contributed by atoms with E-state index in [9.17, 15) is 8.78 Å². The minimum absolute atomic E-state index is 0.165. The van der Waals surface area contributed by atoms with E-state index in [0.717, 1.165) is 8.95 Å². The predicted octanol–water partition coefficient (Wildman–Crippen LogP) is 2.32. The molecule has 0 aliphatic heterocycles. The molecule has 0 fully saturated rings. The van der Waals surface area contributed by atoms with Crippen molar-refractivity contribution in [3.05, 3.63) is 26.9 Å². The van der Waals surface area contributed by atoms with E-state index in [0.29, 0.717) is 12.2 Å². The van der Waals surface area contributed by atoms with E-state index in [4.69, 9.17) is 5.11 Å². The Morgan fingerprint density at radius 2 is 2.12 bits per heavy atom. The second kappa shape index (κ2) is 6.58. The van der Waals surface area contributed by atoms with Crippen molar-refractivity contribution in [2.75, 3.05) is 6.54 Å². The molecule has 90 valence electrons. The number of aromatic nitrogens is 1. The van der Waals surface area contributed by atoms with E-state index in [1.54, 1.807) is 6.20 Å². The Labute approximate surface area is 109 Å². The summed E-state index contributed by atoms with van der Waals surface area (Å²) in [7, 11) is 0. The van der Waals surface area contributed by atoms with Gasteiger partial charge in [0.15, 0.2) is 0 Å². The second-order valence-electron chi connectivity index (χ2n) is 3.11. The van der Waals surface area contributed by atoms with Crippen LogP contribution in [0.25, 0.3) is 0 Å². The summed E-state index contributed by atoms with van der Waals surface area (Å²) in [4.78, 5) is 4.09. The number of pyridine rings is 1. The van der Waals surface area contributed by atoms with Gasteiger partial charge in [-0.25, -0.2) is 8.78 Å². The molecule has 16 heavy (non-hydrogen) atoms. The number of aliphatic hydroxyl groups excluding tert-OH is 1. The lowest BCUT2D eigenvalue weighted by Gasteiger charge is -2.10. The molecule has 7 heteroatoms. The summed E-state index contributed by atoms with van der Waals surface area (Å²) in [5, 5.41) is 11.6. The normalized spacial score (nSPS) is 13.1. The number of nitrogens with one attached hydrogen (secondary N) is 1. The van der Waals surface area contributed by atoms with Gasteiger partial charge in [0.1, 0.15) is 6.10 Å². The monoisotopic (exact) mass is 358 g/mol. The lowest BCUT2D eigenvalue weighted by Crippen LogP contribution is -2.31. The lowest BCUT2D eigenvalue weighted by atomic mass is 10.3. The quantitative estimate of drug-likeness (QED) is 0.848. The SMILES string of the molecule is OC(CNCc1ncc(Br)cc1Br)C(F)F. The van der Waals surface area contributed by atoms with Gasteiger partial charge in [-0.15, -0.1) is 0 Å². The largest absolute Gasteiger partial charge is 0.386 e.